The Hall–Kier alpha value is -2.53. The van der Waals surface area contributed by atoms with Gasteiger partial charge in [0.15, 0.2) is 0 Å². The number of hydrogen-bond acceptors (Lipinski definition) is 4. The molecule has 0 aromatic heterocycles. The average molecular weight is 462 g/mol. The van der Waals surface area contributed by atoms with Crippen LogP contribution in [0, 0.1) is 17.8 Å². The van der Waals surface area contributed by atoms with Gasteiger partial charge in [0.1, 0.15) is 5.75 Å². The molecule has 3 aliphatic heterocycles. The van der Waals surface area contributed by atoms with Crippen molar-refractivity contribution in [2.24, 2.45) is 17.8 Å². The Morgan fingerprint density at radius 2 is 1.56 bits per heavy atom. The first-order valence-corrected chi connectivity index (χ1v) is 13.2. The number of hydrogen-bond donors (Lipinski definition) is 1. The van der Waals surface area contributed by atoms with Gasteiger partial charge >= 0.3 is 0 Å². The van der Waals surface area contributed by atoms with Crippen molar-refractivity contribution in [3.8, 4) is 5.75 Å². The predicted octanol–water partition coefficient (Wildman–Crippen LogP) is 5.67. The highest BCUT2D eigenvalue weighted by Crippen LogP contribution is 2.36. The Morgan fingerprint density at radius 3 is 2.18 bits per heavy atom. The number of carbonyl (C=O) groups excluding carboxylic acids is 1. The summed E-state index contributed by atoms with van der Waals surface area (Å²) in [5, 5.41) is 3.02. The summed E-state index contributed by atoms with van der Waals surface area (Å²) in [6.07, 6.45) is 7.04. The second kappa shape index (κ2) is 10.4. The third-order valence-electron chi connectivity index (χ3n) is 7.82. The largest absolute Gasteiger partial charge is 0.493 e. The lowest BCUT2D eigenvalue weighted by molar-refractivity contribution is 0.102. The molecule has 1 N–H and O–H groups in total. The van der Waals surface area contributed by atoms with E-state index in [-0.39, 0.29) is 5.91 Å². The molecular weight excluding hydrogens is 422 g/mol. The summed E-state index contributed by atoms with van der Waals surface area (Å²) in [7, 11) is 0. The van der Waals surface area contributed by atoms with Gasteiger partial charge in [-0.15, -0.1) is 0 Å². The highest BCUT2D eigenvalue weighted by molar-refractivity contribution is 6.04. The zero-order valence-electron chi connectivity index (χ0n) is 20.7. The van der Waals surface area contributed by atoms with Gasteiger partial charge in [-0.25, -0.2) is 0 Å². The first kappa shape index (κ1) is 23.2. The summed E-state index contributed by atoms with van der Waals surface area (Å²) in [6.45, 7) is 9.77. The lowest BCUT2D eigenvalue weighted by Crippen LogP contribution is -2.40. The van der Waals surface area contributed by atoms with Crippen molar-refractivity contribution in [2.75, 3.05) is 43.0 Å². The van der Waals surface area contributed by atoms with Crippen LogP contribution in [-0.2, 0) is 0 Å². The minimum Gasteiger partial charge on any atom is -0.493 e. The Balaban J connectivity index is 1.14. The third-order valence-corrected chi connectivity index (χ3v) is 7.82. The van der Waals surface area contributed by atoms with Gasteiger partial charge in [0, 0.05) is 49.2 Å². The minimum atomic E-state index is -0.0970. The molecule has 0 spiro atoms. The molecule has 1 amide bonds. The van der Waals surface area contributed by atoms with E-state index < -0.39 is 0 Å². The van der Waals surface area contributed by atoms with Crippen molar-refractivity contribution in [2.45, 2.75) is 52.0 Å². The molecule has 1 unspecified atom stereocenters. The monoisotopic (exact) mass is 461 g/mol. The summed E-state index contributed by atoms with van der Waals surface area (Å²) in [4.78, 5) is 18.0. The van der Waals surface area contributed by atoms with Crippen LogP contribution in [0.2, 0.25) is 0 Å². The lowest BCUT2D eigenvalue weighted by atomic mass is 9.84. The zero-order chi connectivity index (χ0) is 23.5. The Labute approximate surface area is 204 Å². The van der Waals surface area contributed by atoms with Gasteiger partial charge in [0.05, 0.1) is 6.61 Å². The molecule has 4 aliphatic rings. The van der Waals surface area contributed by atoms with Crippen molar-refractivity contribution in [3.63, 3.8) is 0 Å². The summed E-state index contributed by atoms with van der Waals surface area (Å²) in [5.41, 5.74) is 2.72. The van der Waals surface area contributed by atoms with Gasteiger partial charge in [-0.05, 0) is 98.4 Å². The smallest absolute Gasteiger partial charge is 0.255 e. The second-order valence-corrected chi connectivity index (χ2v) is 11.0. The molecule has 1 aliphatic carbocycles. The SMILES string of the molecule is CC(C)COc1ccc(C(=O)Nc2ccc(N3CCC(N4CC5CCC(CC5)C4)C3)cc2)cc1. The summed E-state index contributed by atoms with van der Waals surface area (Å²) >= 11 is 0. The fraction of sp³-hybridized carbons (Fsp3) is 0.552. The molecule has 182 valence electrons. The van der Waals surface area contributed by atoms with E-state index in [0.717, 1.165) is 36.4 Å². The molecular formula is C29H39N3O2. The average Bonchev–Trinajstić information content (AvgIpc) is 3.15. The van der Waals surface area contributed by atoms with E-state index in [9.17, 15) is 4.79 Å². The topological polar surface area (TPSA) is 44.8 Å². The number of fused-ring (bicyclic) bond motifs is 4. The van der Waals surface area contributed by atoms with Crippen molar-refractivity contribution in [1.29, 1.82) is 0 Å². The van der Waals surface area contributed by atoms with Gasteiger partial charge in [-0.1, -0.05) is 13.8 Å². The maximum Gasteiger partial charge on any atom is 0.255 e. The quantitative estimate of drug-likeness (QED) is 0.577. The van der Waals surface area contributed by atoms with Crippen LogP contribution in [0.3, 0.4) is 0 Å². The molecule has 4 fully saturated rings. The van der Waals surface area contributed by atoms with Gasteiger partial charge in [-0.3, -0.25) is 9.69 Å². The van der Waals surface area contributed by atoms with Crippen LogP contribution in [0.5, 0.6) is 5.75 Å². The summed E-state index contributed by atoms with van der Waals surface area (Å²) < 4.78 is 5.71. The Kier molecular flexibility index (Phi) is 7.10. The highest BCUT2D eigenvalue weighted by Gasteiger charge is 2.35. The molecule has 5 nitrogen and oxygen atoms in total. The first-order chi connectivity index (χ1) is 16.5. The number of amides is 1. The number of benzene rings is 2. The molecule has 2 bridgehead atoms. The van der Waals surface area contributed by atoms with Crippen LogP contribution in [0.1, 0.15) is 56.3 Å². The number of nitrogens with zero attached hydrogens (tertiary/aromatic N) is 2. The number of nitrogens with one attached hydrogen (secondary N) is 1. The van der Waals surface area contributed by atoms with E-state index in [0.29, 0.717) is 24.1 Å². The van der Waals surface area contributed by atoms with Gasteiger partial charge in [0.25, 0.3) is 5.91 Å². The zero-order valence-corrected chi connectivity index (χ0v) is 20.7. The Morgan fingerprint density at radius 1 is 0.912 bits per heavy atom. The molecule has 3 heterocycles. The summed E-state index contributed by atoms with van der Waals surface area (Å²) in [6, 6.07) is 16.4. The van der Waals surface area contributed by atoms with Crippen molar-refractivity contribution < 1.29 is 9.53 Å². The third kappa shape index (κ3) is 5.57. The molecule has 2 aromatic carbocycles. The summed E-state index contributed by atoms with van der Waals surface area (Å²) in [5.74, 6) is 3.03. The molecule has 5 heteroatoms. The van der Waals surface area contributed by atoms with Crippen LogP contribution in [0.15, 0.2) is 48.5 Å². The predicted molar refractivity (Wildman–Crippen MR) is 139 cm³/mol. The van der Waals surface area contributed by atoms with E-state index >= 15 is 0 Å². The van der Waals surface area contributed by atoms with Crippen LogP contribution < -0.4 is 15.0 Å². The first-order valence-electron chi connectivity index (χ1n) is 13.2. The minimum absolute atomic E-state index is 0.0970. The fourth-order valence-electron chi connectivity index (χ4n) is 5.83. The van der Waals surface area contributed by atoms with Crippen LogP contribution >= 0.6 is 0 Å². The van der Waals surface area contributed by atoms with E-state index in [1.54, 1.807) is 0 Å². The van der Waals surface area contributed by atoms with E-state index in [1.165, 1.54) is 50.9 Å². The number of rotatable bonds is 7. The highest BCUT2D eigenvalue weighted by atomic mass is 16.5. The number of carbonyl (C=O) groups is 1. The molecule has 3 saturated heterocycles. The van der Waals surface area contributed by atoms with E-state index in [4.69, 9.17) is 4.74 Å². The lowest BCUT2D eigenvalue weighted by Gasteiger charge is -2.29. The van der Waals surface area contributed by atoms with Gasteiger partial charge in [-0.2, -0.15) is 0 Å². The Bertz CT molecular complexity index is 934. The fourth-order valence-corrected chi connectivity index (χ4v) is 5.83. The van der Waals surface area contributed by atoms with Crippen molar-refractivity contribution in [3.05, 3.63) is 54.1 Å². The van der Waals surface area contributed by atoms with E-state index in [2.05, 4.69) is 41.1 Å². The van der Waals surface area contributed by atoms with Gasteiger partial charge < -0.3 is 15.0 Å². The molecule has 2 aromatic rings. The molecule has 1 saturated carbocycles. The van der Waals surface area contributed by atoms with E-state index in [1.807, 2.05) is 36.4 Å². The number of anilines is 2. The second-order valence-electron chi connectivity index (χ2n) is 11.0. The van der Waals surface area contributed by atoms with Crippen molar-refractivity contribution in [1.82, 2.24) is 4.90 Å². The molecule has 6 rings (SSSR count). The standard InChI is InChI=1S/C29H39N3O2/c1-21(2)20-34-28-13-7-24(8-14-28)29(33)30-25-9-11-26(12-10-25)31-16-15-27(19-31)32-17-22-3-4-23(18-32)6-5-22/h7-14,21-23,27H,3-6,15-20H2,1-2H3,(H,30,33). The molecule has 1 atom stereocenters. The van der Waals surface area contributed by atoms with Gasteiger partial charge in [0.2, 0.25) is 0 Å². The van der Waals surface area contributed by atoms with Crippen LogP contribution in [0.4, 0.5) is 11.4 Å². The van der Waals surface area contributed by atoms with Crippen LogP contribution in [-0.4, -0.2) is 49.6 Å². The maximum atomic E-state index is 12.7. The van der Waals surface area contributed by atoms with Crippen LogP contribution in [0.25, 0.3) is 0 Å². The molecule has 34 heavy (non-hydrogen) atoms. The molecule has 0 radical (unpaired) electrons. The normalized spacial score (nSPS) is 24.9. The van der Waals surface area contributed by atoms with Crippen molar-refractivity contribution >= 4 is 17.3 Å². The maximum absolute atomic E-state index is 12.7. The number of ether oxygens (including phenoxy) is 1.